The molecule has 0 fully saturated rings. The summed E-state index contributed by atoms with van der Waals surface area (Å²) in [5.74, 6) is 3.56. The second-order valence-corrected chi connectivity index (χ2v) is 10.4. The number of nitrogens with one attached hydrogen (secondary N) is 1. The number of amidine groups is 2. The third-order valence-electron chi connectivity index (χ3n) is 7.02. The number of pyridine rings is 1. The molecule has 0 bridgehead atoms. The SMILES string of the molecule is COc1ccc(NC2=Nc3ccccc3N3C2=Nc2c(c(C)nn2-c2ccccn2)C3c2cccc(Br)c2)cc1. The number of aryl methyl sites for hydroxylation is 1. The maximum absolute atomic E-state index is 5.35. The quantitative estimate of drug-likeness (QED) is 0.241. The highest BCUT2D eigenvalue weighted by atomic mass is 79.9. The van der Waals surface area contributed by atoms with Gasteiger partial charge in [0.05, 0.1) is 30.2 Å². The molecule has 2 aliphatic heterocycles. The Bertz CT molecular complexity index is 1790. The van der Waals surface area contributed by atoms with Crippen LogP contribution in [0.4, 0.5) is 22.9 Å². The van der Waals surface area contributed by atoms with Gasteiger partial charge in [0.25, 0.3) is 0 Å². The van der Waals surface area contributed by atoms with Gasteiger partial charge < -0.3 is 15.0 Å². The molecule has 0 aliphatic carbocycles. The van der Waals surface area contributed by atoms with Gasteiger partial charge in [0.1, 0.15) is 5.75 Å². The molecule has 0 amide bonds. The van der Waals surface area contributed by atoms with Gasteiger partial charge in [-0.25, -0.2) is 15.0 Å². The number of aromatic nitrogens is 3. The van der Waals surface area contributed by atoms with E-state index in [9.17, 15) is 0 Å². The minimum atomic E-state index is -0.207. The highest BCUT2D eigenvalue weighted by Gasteiger charge is 2.41. The number of ether oxygens (including phenoxy) is 1. The lowest BCUT2D eigenvalue weighted by Gasteiger charge is -2.40. The molecule has 9 heteroatoms. The largest absolute Gasteiger partial charge is 0.497 e. The van der Waals surface area contributed by atoms with Crippen LogP contribution in [0.15, 0.2) is 112 Å². The van der Waals surface area contributed by atoms with Crippen LogP contribution in [0.25, 0.3) is 5.82 Å². The van der Waals surface area contributed by atoms with Crippen LogP contribution in [0.1, 0.15) is 22.9 Å². The van der Waals surface area contributed by atoms with E-state index in [2.05, 4.69) is 55.4 Å². The number of anilines is 2. The number of hydrogen-bond donors (Lipinski definition) is 1. The summed E-state index contributed by atoms with van der Waals surface area (Å²) in [5.41, 5.74) is 5.72. The van der Waals surface area contributed by atoms with E-state index in [0.717, 1.165) is 49.9 Å². The zero-order valence-electron chi connectivity index (χ0n) is 21.8. The number of hydrogen-bond acceptors (Lipinski definition) is 7. The molecule has 40 heavy (non-hydrogen) atoms. The molecular formula is C31H24BrN7O. The van der Waals surface area contributed by atoms with E-state index < -0.39 is 0 Å². The third kappa shape index (κ3) is 4.06. The number of benzene rings is 3. The van der Waals surface area contributed by atoms with Crippen molar-refractivity contribution >= 4 is 50.5 Å². The molecule has 7 rings (SSSR count). The van der Waals surface area contributed by atoms with Crippen molar-refractivity contribution in [3.8, 4) is 11.6 Å². The number of aliphatic imine (C=N–C) groups is 2. The molecule has 3 aromatic carbocycles. The normalized spacial score (nSPS) is 15.4. The Hall–Kier alpha value is -4.76. The Balaban J connectivity index is 1.48. The van der Waals surface area contributed by atoms with Gasteiger partial charge in [0.15, 0.2) is 23.3 Å². The van der Waals surface area contributed by atoms with E-state index in [-0.39, 0.29) is 6.04 Å². The standard InChI is InChI=1S/C31H24BrN7O/c1-19-27-28(20-8-7-9-21(32)18-20)38-25-11-4-3-10-24(25)35-29(34-22-13-15-23(40-2)16-14-22)31(38)36-30(27)39(37-19)26-12-5-6-17-33-26/h3-18,28H,1-2H3,(H,34,35). The lowest BCUT2D eigenvalue weighted by Crippen LogP contribution is -2.46. The highest BCUT2D eigenvalue weighted by molar-refractivity contribution is 9.10. The summed E-state index contributed by atoms with van der Waals surface area (Å²) < 4.78 is 8.18. The Morgan fingerprint density at radius 1 is 0.900 bits per heavy atom. The summed E-state index contributed by atoms with van der Waals surface area (Å²) in [4.78, 5) is 17.1. The minimum Gasteiger partial charge on any atom is -0.497 e. The first-order chi connectivity index (χ1) is 19.6. The molecule has 1 unspecified atom stereocenters. The first-order valence-electron chi connectivity index (χ1n) is 12.8. The van der Waals surface area contributed by atoms with Crippen LogP contribution in [-0.2, 0) is 0 Å². The van der Waals surface area contributed by atoms with Crippen molar-refractivity contribution in [2.24, 2.45) is 9.98 Å². The zero-order chi connectivity index (χ0) is 27.2. The molecular weight excluding hydrogens is 566 g/mol. The van der Waals surface area contributed by atoms with E-state index >= 15 is 0 Å². The molecule has 2 aromatic heterocycles. The van der Waals surface area contributed by atoms with E-state index in [0.29, 0.717) is 17.5 Å². The van der Waals surface area contributed by atoms with Crippen molar-refractivity contribution in [2.75, 3.05) is 17.3 Å². The van der Waals surface area contributed by atoms with Crippen LogP contribution >= 0.6 is 15.9 Å². The van der Waals surface area contributed by atoms with Crippen molar-refractivity contribution in [1.82, 2.24) is 14.8 Å². The molecule has 196 valence electrons. The lowest BCUT2D eigenvalue weighted by molar-refractivity contribution is 0.415. The molecule has 4 heterocycles. The van der Waals surface area contributed by atoms with Gasteiger partial charge in [-0.1, -0.05) is 46.3 Å². The second-order valence-electron chi connectivity index (χ2n) is 9.49. The highest BCUT2D eigenvalue weighted by Crippen LogP contribution is 2.48. The van der Waals surface area contributed by atoms with Gasteiger partial charge in [-0.3, -0.25) is 0 Å². The summed E-state index contributed by atoms with van der Waals surface area (Å²) >= 11 is 3.69. The Labute approximate surface area is 239 Å². The molecule has 1 atom stereocenters. The first kappa shape index (κ1) is 24.3. The molecule has 0 spiro atoms. The zero-order valence-corrected chi connectivity index (χ0v) is 23.4. The van der Waals surface area contributed by atoms with E-state index in [1.54, 1.807) is 13.3 Å². The monoisotopic (exact) mass is 589 g/mol. The van der Waals surface area contributed by atoms with Crippen LogP contribution in [0.3, 0.4) is 0 Å². The summed E-state index contributed by atoms with van der Waals surface area (Å²) in [6.45, 7) is 2.03. The van der Waals surface area contributed by atoms with Crippen molar-refractivity contribution in [3.05, 3.63) is 118 Å². The van der Waals surface area contributed by atoms with Gasteiger partial charge in [-0.2, -0.15) is 9.78 Å². The maximum Gasteiger partial charge on any atom is 0.179 e. The number of rotatable bonds is 4. The summed E-state index contributed by atoms with van der Waals surface area (Å²) in [6.07, 6.45) is 1.77. The van der Waals surface area contributed by atoms with E-state index in [1.165, 1.54) is 0 Å². The average Bonchev–Trinajstić information content (AvgIpc) is 3.33. The van der Waals surface area contributed by atoms with Crippen LogP contribution in [0, 0.1) is 6.92 Å². The Morgan fingerprint density at radius 2 is 1.73 bits per heavy atom. The number of fused-ring (bicyclic) bond motifs is 4. The molecule has 5 aromatic rings. The smallest absolute Gasteiger partial charge is 0.179 e. The lowest BCUT2D eigenvalue weighted by atomic mass is 9.93. The van der Waals surface area contributed by atoms with Gasteiger partial charge in [-0.05, 0) is 73.2 Å². The van der Waals surface area contributed by atoms with Crippen LogP contribution in [0.5, 0.6) is 5.75 Å². The average molecular weight is 590 g/mol. The molecule has 0 radical (unpaired) electrons. The Morgan fingerprint density at radius 3 is 2.50 bits per heavy atom. The molecule has 2 aliphatic rings. The van der Waals surface area contributed by atoms with Crippen LogP contribution < -0.4 is 15.0 Å². The summed E-state index contributed by atoms with van der Waals surface area (Å²) in [7, 11) is 1.66. The summed E-state index contributed by atoms with van der Waals surface area (Å²) in [5, 5.41) is 8.46. The summed E-state index contributed by atoms with van der Waals surface area (Å²) in [6, 6.07) is 29.9. The maximum atomic E-state index is 5.35. The van der Waals surface area contributed by atoms with Crippen molar-refractivity contribution in [2.45, 2.75) is 13.0 Å². The van der Waals surface area contributed by atoms with Gasteiger partial charge in [-0.15, -0.1) is 0 Å². The van der Waals surface area contributed by atoms with Gasteiger partial charge in [0.2, 0.25) is 0 Å². The second kappa shape index (κ2) is 9.77. The van der Waals surface area contributed by atoms with Crippen molar-refractivity contribution in [3.63, 3.8) is 0 Å². The molecule has 8 nitrogen and oxygen atoms in total. The topological polar surface area (TPSA) is 79.9 Å². The fourth-order valence-electron chi connectivity index (χ4n) is 5.24. The van der Waals surface area contributed by atoms with Crippen LogP contribution in [-0.4, -0.2) is 33.5 Å². The van der Waals surface area contributed by atoms with Gasteiger partial charge in [0, 0.05) is 21.9 Å². The van der Waals surface area contributed by atoms with Crippen molar-refractivity contribution < 1.29 is 4.74 Å². The number of methoxy groups -OCH3 is 1. The Kier molecular flexibility index (Phi) is 5.93. The van der Waals surface area contributed by atoms with E-state index in [1.807, 2.05) is 78.3 Å². The molecule has 0 saturated carbocycles. The fourth-order valence-corrected chi connectivity index (χ4v) is 5.66. The van der Waals surface area contributed by atoms with Gasteiger partial charge >= 0.3 is 0 Å². The predicted octanol–water partition coefficient (Wildman–Crippen LogP) is 7.14. The molecule has 1 N–H and O–H groups in total. The van der Waals surface area contributed by atoms with Crippen molar-refractivity contribution in [1.29, 1.82) is 0 Å². The number of para-hydroxylation sites is 2. The number of nitrogens with zero attached hydrogens (tertiary/aromatic N) is 6. The van der Waals surface area contributed by atoms with E-state index in [4.69, 9.17) is 19.8 Å². The fraction of sp³-hybridized carbons (Fsp3) is 0.0968. The number of halogens is 1. The van der Waals surface area contributed by atoms with Crippen LogP contribution in [0.2, 0.25) is 0 Å². The first-order valence-corrected chi connectivity index (χ1v) is 13.6. The third-order valence-corrected chi connectivity index (χ3v) is 7.51. The predicted molar refractivity (Wildman–Crippen MR) is 162 cm³/mol. The minimum absolute atomic E-state index is 0.207. The molecule has 0 saturated heterocycles.